The smallest absolute Gasteiger partial charge is 0.338 e. The first-order valence-corrected chi connectivity index (χ1v) is 12.7. The third-order valence-corrected chi connectivity index (χ3v) is 8.47. The molecule has 0 radical (unpaired) electrons. The van der Waals surface area contributed by atoms with Crippen LogP contribution >= 0.6 is 0 Å². The minimum absolute atomic E-state index is 0.0971. The summed E-state index contributed by atoms with van der Waals surface area (Å²) in [5.74, 6) is -2.95. The predicted octanol–water partition coefficient (Wildman–Crippen LogP) is 5.22. The van der Waals surface area contributed by atoms with Crippen LogP contribution in [0.3, 0.4) is 0 Å². The molecule has 1 N–H and O–H groups in total. The number of fused-ring (bicyclic) bond motifs is 1. The molecule has 5 rings (SSSR count). The number of aryl methyl sites for hydroxylation is 1. The molecule has 1 unspecified atom stereocenters. The summed E-state index contributed by atoms with van der Waals surface area (Å²) in [6.07, 6.45) is 6.50. The van der Waals surface area contributed by atoms with Gasteiger partial charge in [0.15, 0.2) is 0 Å². The van der Waals surface area contributed by atoms with Crippen LogP contribution in [0, 0.1) is 12.8 Å². The molecule has 2 saturated carbocycles. The number of hydrogen-bond donors (Lipinski definition) is 1. The van der Waals surface area contributed by atoms with Gasteiger partial charge < -0.3 is 14.4 Å². The van der Waals surface area contributed by atoms with Gasteiger partial charge in [0.2, 0.25) is 0 Å². The molecule has 3 fully saturated rings. The van der Waals surface area contributed by atoms with Crippen molar-refractivity contribution >= 4 is 17.0 Å². The van der Waals surface area contributed by atoms with E-state index in [1.165, 1.54) is 0 Å². The number of carboxylic acid groups (broad SMARTS) is 1. The lowest BCUT2D eigenvalue weighted by Gasteiger charge is -2.49. The summed E-state index contributed by atoms with van der Waals surface area (Å²) in [6.45, 7) is 7.85. The Bertz CT molecular complexity index is 1060. The van der Waals surface area contributed by atoms with Crippen molar-refractivity contribution in [2.75, 3.05) is 13.1 Å². The number of carbonyl (C=O) groups is 1. The molecule has 3 heterocycles. The standard InChI is InChI=1S/C26H35F2N3O3/c1-4-17-9-10-29-24-23(17)22(25(32)33)16(3)31(24)15(2)18-5-7-19(8-6-18)30-13-21(14-30)34-20-11-26(27,28)12-20/h9-10,15,18-21H,4-8,11-14H2,1-3H3,(H,32,33). The van der Waals surface area contributed by atoms with Gasteiger partial charge in [0.05, 0.1) is 17.8 Å². The van der Waals surface area contributed by atoms with Gasteiger partial charge in [-0.2, -0.15) is 0 Å². The average Bonchev–Trinajstić information content (AvgIpc) is 3.06. The van der Waals surface area contributed by atoms with Crippen molar-refractivity contribution in [2.24, 2.45) is 5.92 Å². The van der Waals surface area contributed by atoms with Gasteiger partial charge in [-0.25, -0.2) is 18.6 Å². The summed E-state index contributed by atoms with van der Waals surface area (Å²) in [6, 6.07) is 2.62. The maximum atomic E-state index is 13.0. The predicted molar refractivity (Wildman–Crippen MR) is 126 cm³/mol. The van der Waals surface area contributed by atoms with Crippen LogP contribution in [-0.4, -0.2) is 62.8 Å². The number of alkyl halides is 2. The number of ether oxygens (including phenoxy) is 1. The summed E-state index contributed by atoms with van der Waals surface area (Å²) < 4.78 is 34.0. The maximum Gasteiger partial charge on any atom is 0.338 e. The molecular formula is C26H35F2N3O3. The van der Waals surface area contributed by atoms with Crippen molar-refractivity contribution in [1.82, 2.24) is 14.5 Å². The number of halogens is 2. The summed E-state index contributed by atoms with van der Waals surface area (Å²) in [4.78, 5) is 19.2. The molecular weight excluding hydrogens is 440 g/mol. The monoisotopic (exact) mass is 475 g/mol. The highest BCUT2D eigenvalue weighted by Gasteiger charge is 2.48. The maximum absolute atomic E-state index is 13.0. The normalized spacial score (nSPS) is 26.9. The highest BCUT2D eigenvalue weighted by Crippen LogP contribution is 2.42. The number of likely N-dealkylation sites (tertiary alicyclic amines) is 1. The van der Waals surface area contributed by atoms with Gasteiger partial charge >= 0.3 is 5.97 Å². The van der Waals surface area contributed by atoms with E-state index < -0.39 is 11.9 Å². The highest BCUT2D eigenvalue weighted by atomic mass is 19.3. The molecule has 2 aromatic heterocycles. The van der Waals surface area contributed by atoms with E-state index >= 15 is 0 Å². The van der Waals surface area contributed by atoms with Crippen LogP contribution in [0.25, 0.3) is 11.0 Å². The molecule has 2 aromatic rings. The second-order valence-corrected chi connectivity index (χ2v) is 10.6. The number of aromatic nitrogens is 2. The topological polar surface area (TPSA) is 67.6 Å². The first kappa shape index (κ1) is 23.7. The molecule has 34 heavy (non-hydrogen) atoms. The van der Waals surface area contributed by atoms with Gasteiger partial charge in [-0.15, -0.1) is 0 Å². The molecule has 0 aromatic carbocycles. The Kier molecular flexibility index (Phi) is 6.17. The molecule has 0 bridgehead atoms. The van der Waals surface area contributed by atoms with E-state index in [0.29, 0.717) is 17.5 Å². The SMILES string of the molecule is CCc1ccnc2c1c(C(=O)O)c(C)n2C(C)C1CCC(N2CC(OC3CC(F)(F)C3)C2)CC1. The van der Waals surface area contributed by atoms with E-state index in [2.05, 4.69) is 21.4 Å². The summed E-state index contributed by atoms with van der Waals surface area (Å²) in [5.41, 5.74) is 2.99. The van der Waals surface area contributed by atoms with Crippen LogP contribution in [-0.2, 0) is 11.2 Å². The second kappa shape index (κ2) is 8.86. The fraction of sp³-hybridized carbons (Fsp3) is 0.692. The first-order valence-electron chi connectivity index (χ1n) is 12.7. The summed E-state index contributed by atoms with van der Waals surface area (Å²) in [5, 5.41) is 10.7. The molecule has 1 aliphatic heterocycles. The van der Waals surface area contributed by atoms with Crippen LogP contribution in [0.2, 0.25) is 0 Å². The van der Waals surface area contributed by atoms with E-state index in [9.17, 15) is 18.7 Å². The lowest BCUT2D eigenvalue weighted by atomic mass is 9.80. The van der Waals surface area contributed by atoms with Gasteiger partial charge in [0.1, 0.15) is 5.65 Å². The zero-order chi connectivity index (χ0) is 24.2. The van der Waals surface area contributed by atoms with Crippen molar-refractivity contribution in [1.29, 1.82) is 0 Å². The molecule has 6 nitrogen and oxygen atoms in total. The zero-order valence-electron chi connectivity index (χ0n) is 20.3. The Hall–Kier alpha value is -2.06. The number of aromatic carboxylic acids is 1. The van der Waals surface area contributed by atoms with Crippen molar-refractivity contribution in [2.45, 2.75) is 95.9 Å². The number of rotatable bonds is 7. The van der Waals surface area contributed by atoms with Crippen molar-refractivity contribution in [3.8, 4) is 0 Å². The minimum atomic E-state index is -2.52. The van der Waals surface area contributed by atoms with Crippen molar-refractivity contribution in [3.05, 3.63) is 29.1 Å². The average molecular weight is 476 g/mol. The Morgan fingerprint density at radius 2 is 1.91 bits per heavy atom. The van der Waals surface area contributed by atoms with E-state index in [0.717, 1.165) is 67.5 Å². The van der Waals surface area contributed by atoms with Gasteiger partial charge in [0.25, 0.3) is 5.92 Å². The Morgan fingerprint density at radius 1 is 1.24 bits per heavy atom. The zero-order valence-corrected chi connectivity index (χ0v) is 20.3. The fourth-order valence-electron chi connectivity index (χ4n) is 6.45. The van der Waals surface area contributed by atoms with Crippen LogP contribution < -0.4 is 0 Å². The van der Waals surface area contributed by atoms with Gasteiger partial charge in [0, 0.05) is 55.3 Å². The summed E-state index contributed by atoms with van der Waals surface area (Å²) in [7, 11) is 0. The van der Waals surface area contributed by atoms with Crippen LogP contribution in [0.4, 0.5) is 8.78 Å². The summed E-state index contributed by atoms with van der Waals surface area (Å²) >= 11 is 0. The van der Waals surface area contributed by atoms with Crippen LogP contribution in [0.5, 0.6) is 0 Å². The van der Waals surface area contributed by atoms with Gasteiger partial charge in [-0.1, -0.05) is 6.92 Å². The lowest BCUT2D eigenvalue weighted by molar-refractivity contribution is -0.205. The molecule has 8 heteroatoms. The molecule has 1 saturated heterocycles. The minimum Gasteiger partial charge on any atom is -0.478 e. The number of pyridine rings is 1. The number of carboxylic acids is 1. The fourth-order valence-corrected chi connectivity index (χ4v) is 6.45. The van der Waals surface area contributed by atoms with Crippen LogP contribution in [0.15, 0.2) is 12.3 Å². The molecule has 2 aliphatic carbocycles. The quantitative estimate of drug-likeness (QED) is 0.594. The lowest BCUT2D eigenvalue weighted by Crippen LogP contribution is -2.59. The Labute approximate surface area is 199 Å². The Balaban J connectivity index is 1.22. The van der Waals surface area contributed by atoms with Crippen LogP contribution in [0.1, 0.15) is 80.0 Å². The number of nitrogens with zero attached hydrogens (tertiary/aromatic N) is 3. The third kappa shape index (κ3) is 4.13. The first-order chi connectivity index (χ1) is 16.2. The largest absolute Gasteiger partial charge is 0.478 e. The van der Waals surface area contributed by atoms with E-state index in [1.807, 2.05) is 19.9 Å². The molecule has 1 atom stereocenters. The molecule has 186 valence electrons. The molecule has 0 amide bonds. The van der Waals surface area contributed by atoms with Crippen molar-refractivity contribution in [3.63, 3.8) is 0 Å². The molecule has 0 spiro atoms. The van der Waals surface area contributed by atoms with E-state index in [4.69, 9.17) is 4.74 Å². The van der Waals surface area contributed by atoms with Crippen molar-refractivity contribution < 1.29 is 23.4 Å². The van der Waals surface area contributed by atoms with E-state index in [-0.39, 0.29) is 31.1 Å². The highest BCUT2D eigenvalue weighted by molar-refractivity contribution is 6.05. The third-order valence-electron chi connectivity index (χ3n) is 8.47. The molecule has 3 aliphatic rings. The van der Waals surface area contributed by atoms with Gasteiger partial charge in [-0.05, 0) is 63.5 Å². The Morgan fingerprint density at radius 3 is 2.50 bits per heavy atom. The van der Waals surface area contributed by atoms with E-state index in [1.54, 1.807) is 6.20 Å². The second-order valence-electron chi connectivity index (χ2n) is 10.6. The van der Waals surface area contributed by atoms with Gasteiger partial charge in [-0.3, -0.25) is 4.90 Å². The number of hydrogen-bond acceptors (Lipinski definition) is 4.